The van der Waals surface area contributed by atoms with Gasteiger partial charge in [0.2, 0.25) is 0 Å². The SMILES string of the molecule is NC(=O)N(O)CCNC(=O)c1cccc(C(=O)c2ccccc2)c1. The lowest BCUT2D eigenvalue weighted by atomic mass is 10.0. The predicted octanol–water partition coefficient (Wildman–Crippen LogP) is 1.42. The maximum absolute atomic E-state index is 12.4. The quantitative estimate of drug-likeness (QED) is 0.423. The number of carbonyl (C=O) groups is 3. The van der Waals surface area contributed by atoms with Gasteiger partial charge in [0.1, 0.15) is 0 Å². The molecule has 7 nitrogen and oxygen atoms in total. The minimum Gasteiger partial charge on any atom is -0.350 e. The number of benzene rings is 2. The minimum absolute atomic E-state index is 0.0229. The molecule has 124 valence electrons. The molecule has 2 aromatic rings. The van der Waals surface area contributed by atoms with Gasteiger partial charge in [-0.2, -0.15) is 0 Å². The van der Waals surface area contributed by atoms with Crippen LogP contribution in [0.2, 0.25) is 0 Å². The summed E-state index contributed by atoms with van der Waals surface area (Å²) in [6, 6.07) is 14.1. The van der Waals surface area contributed by atoms with Crippen LogP contribution in [0.25, 0.3) is 0 Å². The smallest absolute Gasteiger partial charge is 0.338 e. The lowest BCUT2D eigenvalue weighted by Crippen LogP contribution is -2.39. The Hall–Kier alpha value is -3.19. The molecule has 0 bridgehead atoms. The molecule has 0 saturated heterocycles. The fourth-order valence-corrected chi connectivity index (χ4v) is 2.05. The monoisotopic (exact) mass is 327 g/mol. The summed E-state index contributed by atoms with van der Waals surface area (Å²) in [5.41, 5.74) is 6.10. The molecule has 0 saturated carbocycles. The van der Waals surface area contributed by atoms with Crippen molar-refractivity contribution in [2.45, 2.75) is 0 Å². The molecule has 4 N–H and O–H groups in total. The number of nitrogens with one attached hydrogen (secondary N) is 1. The lowest BCUT2D eigenvalue weighted by molar-refractivity contribution is -0.0376. The van der Waals surface area contributed by atoms with Crippen molar-refractivity contribution in [3.05, 3.63) is 71.3 Å². The van der Waals surface area contributed by atoms with Gasteiger partial charge in [-0.1, -0.05) is 42.5 Å². The maximum atomic E-state index is 12.4. The van der Waals surface area contributed by atoms with Crippen LogP contribution in [0.3, 0.4) is 0 Å². The average Bonchev–Trinajstić information content (AvgIpc) is 2.61. The van der Waals surface area contributed by atoms with Gasteiger partial charge < -0.3 is 11.1 Å². The summed E-state index contributed by atoms with van der Waals surface area (Å²) < 4.78 is 0. The Balaban J connectivity index is 2.03. The number of hydroxylamine groups is 2. The number of ketones is 1. The lowest BCUT2D eigenvalue weighted by Gasteiger charge is -2.12. The molecule has 0 aliphatic heterocycles. The highest BCUT2D eigenvalue weighted by molar-refractivity contribution is 6.10. The van der Waals surface area contributed by atoms with E-state index in [1.165, 1.54) is 6.07 Å². The van der Waals surface area contributed by atoms with Crippen LogP contribution in [-0.2, 0) is 0 Å². The molecule has 3 amide bonds. The average molecular weight is 327 g/mol. The molecule has 0 spiro atoms. The second-order valence-electron chi connectivity index (χ2n) is 4.99. The van der Waals surface area contributed by atoms with E-state index in [4.69, 9.17) is 10.9 Å². The summed E-state index contributed by atoms with van der Waals surface area (Å²) in [7, 11) is 0. The van der Waals surface area contributed by atoms with Crippen molar-refractivity contribution in [3.63, 3.8) is 0 Å². The van der Waals surface area contributed by atoms with Gasteiger partial charge in [0.25, 0.3) is 5.91 Å². The first-order chi connectivity index (χ1) is 11.5. The van der Waals surface area contributed by atoms with E-state index >= 15 is 0 Å². The Bertz CT molecular complexity index is 747. The van der Waals surface area contributed by atoms with Crippen LogP contribution in [0, 0.1) is 0 Å². The summed E-state index contributed by atoms with van der Waals surface area (Å²) in [5, 5.41) is 11.9. The normalized spacial score (nSPS) is 10.0. The second kappa shape index (κ2) is 7.89. The Morgan fingerprint density at radius 2 is 1.58 bits per heavy atom. The van der Waals surface area contributed by atoms with E-state index in [1.807, 2.05) is 6.07 Å². The standard InChI is InChI=1S/C17H17N3O4/c18-17(23)20(24)10-9-19-16(22)14-8-4-7-13(11-14)15(21)12-5-2-1-3-6-12/h1-8,11,24H,9-10H2,(H2,18,23)(H,19,22). The van der Waals surface area contributed by atoms with Gasteiger partial charge in [-0.25, -0.2) is 9.86 Å². The molecule has 0 fully saturated rings. The predicted molar refractivity (Wildman–Crippen MR) is 86.7 cm³/mol. The molecule has 0 aliphatic carbocycles. The van der Waals surface area contributed by atoms with Gasteiger partial charge in [0.15, 0.2) is 5.78 Å². The second-order valence-corrected chi connectivity index (χ2v) is 4.99. The summed E-state index contributed by atoms with van der Waals surface area (Å²) in [6.07, 6.45) is 0. The molecule has 2 aromatic carbocycles. The number of hydrogen-bond acceptors (Lipinski definition) is 4. The van der Waals surface area contributed by atoms with Crippen LogP contribution in [0.1, 0.15) is 26.3 Å². The number of primary amides is 1. The van der Waals surface area contributed by atoms with Gasteiger partial charge in [-0.3, -0.25) is 14.8 Å². The zero-order valence-corrected chi connectivity index (χ0v) is 12.8. The van der Waals surface area contributed by atoms with Crippen LogP contribution < -0.4 is 11.1 Å². The van der Waals surface area contributed by atoms with Crippen LogP contribution in [0.4, 0.5) is 4.79 Å². The number of hydrogen-bond donors (Lipinski definition) is 3. The highest BCUT2D eigenvalue weighted by Crippen LogP contribution is 2.11. The topological polar surface area (TPSA) is 113 Å². The van der Waals surface area contributed by atoms with Crippen molar-refractivity contribution < 1.29 is 19.6 Å². The molecule has 2 rings (SSSR count). The maximum Gasteiger partial charge on any atom is 0.338 e. The van der Waals surface area contributed by atoms with Crippen molar-refractivity contribution >= 4 is 17.7 Å². The van der Waals surface area contributed by atoms with Gasteiger partial charge in [-0.05, 0) is 12.1 Å². The summed E-state index contributed by atoms with van der Waals surface area (Å²) in [4.78, 5) is 35.1. The fraction of sp³-hybridized carbons (Fsp3) is 0.118. The first-order valence-electron chi connectivity index (χ1n) is 7.23. The Labute approximate surface area is 138 Å². The summed E-state index contributed by atoms with van der Waals surface area (Å²) >= 11 is 0. The number of nitrogens with two attached hydrogens (primary N) is 1. The van der Waals surface area contributed by atoms with Crippen molar-refractivity contribution in [2.24, 2.45) is 5.73 Å². The van der Waals surface area contributed by atoms with E-state index in [2.05, 4.69) is 5.32 Å². The zero-order valence-electron chi connectivity index (χ0n) is 12.8. The van der Waals surface area contributed by atoms with Gasteiger partial charge in [0.05, 0.1) is 6.54 Å². The number of carbonyl (C=O) groups excluding carboxylic acids is 3. The van der Waals surface area contributed by atoms with Crippen molar-refractivity contribution in [1.29, 1.82) is 0 Å². The molecule has 0 heterocycles. The molecule has 0 radical (unpaired) electrons. The third-order valence-electron chi connectivity index (χ3n) is 3.29. The van der Waals surface area contributed by atoms with E-state index in [0.29, 0.717) is 21.8 Å². The van der Waals surface area contributed by atoms with Gasteiger partial charge >= 0.3 is 6.03 Å². The Kier molecular flexibility index (Phi) is 5.64. The van der Waals surface area contributed by atoms with E-state index in [0.717, 1.165) is 0 Å². The van der Waals surface area contributed by atoms with Gasteiger partial charge in [0, 0.05) is 23.2 Å². The van der Waals surface area contributed by atoms with Crippen LogP contribution in [-0.4, -0.2) is 41.1 Å². The van der Waals surface area contributed by atoms with Crippen molar-refractivity contribution in [2.75, 3.05) is 13.1 Å². The molecule has 0 unspecified atom stereocenters. The highest BCUT2D eigenvalue weighted by Gasteiger charge is 2.12. The number of nitrogens with zero attached hydrogens (tertiary/aromatic N) is 1. The Morgan fingerprint density at radius 1 is 0.958 bits per heavy atom. The number of rotatable bonds is 6. The van der Waals surface area contributed by atoms with E-state index in [1.54, 1.807) is 42.5 Å². The summed E-state index contributed by atoms with van der Waals surface area (Å²) in [6.45, 7) is -0.112. The first kappa shape index (κ1) is 17.2. The van der Waals surface area contributed by atoms with E-state index < -0.39 is 11.9 Å². The fourth-order valence-electron chi connectivity index (χ4n) is 2.05. The van der Waals surface area contributed by atoms with E-state index in [9.17, 15) is 14.4 Å². The third-order valence-corrected chi connectivity index (χ3v) is 3.29. The van der Waals surface area contributed by atoms with Crippen molar-refractivity contribution in [3.8, 4) is 0 Å². The molecule has 0 aromatic heterocycles. The van der Waals surface area contributed by atoms with Crippen LogP contribution >= 0.6 is 0 Å². The molecule has 7 heteroatoms. The number of urea groups is 1. The Morgan fingerprint density at radius 3 is 2.25 bits per heavy atom. The molecule has 0 atom stereocenters. The molecule has 0 aliphatic rings. The van der Waals surface area contributed by atoms with Crippen molar-refractivity contribution in [1.82, 2.24) is 10.4 Å². The molecular formula is C17H17N3O4. The largest absolute Gasteiger partial charge is 0.350 e. The third kappa shape index (κ3) is 4.40. The zero-order chi connectivity index (χ0) is 17.5. The molecular weight excluding hydrogens is 310 g/mol. The van der Waals surface area contributed by atoms with Crippen LogP contribution in [0.15, 0.2) is 54.6 Å². The summed E-state index contributed by atoms with van der Waals surface area (Å²) in [5.74, 6) is -0.601. The van der Waals surface area contributed by atoms with Crippen LogP contribution in [0.5, 0.6) is 0 Å². The number of amides is 3. The minimum atomic E-state index is -1.00. The first-order valence-corrected chi connectivity index (χ1v) is 7.23. The highest BCUT2D eigenvalue weighted by atomic mass is 16.5. The van der Waals surface area contributed by atoms with E-state index in [-0.39, 0.29) is 18.9 Å². The molecule has 24 heavy (non-hydrogen) atoms. The van der Waals surface area contributed by atoms with Gasteiger partial charge in [-0.15, -0.1) is 0 Å².